The van der Waals surface area contributed by atoms with E-state index >= 15 is 0 Å². The van der Waals surface area contributed by atoms with Gasteiger partial charge in [-0.2, -0.15) is 0 Å². The second-order valence-electron chi connectivity index (χ2n) is 6.68. The summed E-state index contributed by atoms with van der Waals surface area (Å²) in [5.74, 6) is -1.22. The number of ether oxygens (including phenoxy) is 1. The smallest absolute Gasteiger partial charge is 0.321 e. The predicted octanol–water partition coefficient (Wildman–Crippen LogP) is 1.16. The number of amides is 3. The minimum Gasteiger partial charge on any atom is -0.455 e. The molecule has 0 spiro atoms. The number of imide groups is 1. The molecule has 2 aliphatic rings. The summed E-state index contributed by atoms with van der Waals surface area (Å²) in [6, 6.07) is -0.705. The zero-order valence-electron chi connectivity index (χ0n) is 13.6. The van der Waals surface area contributed by atoms with Gasteiger partial charge in [-0.1, -0.05) is 6.42 Å². The van der Waals surface area contributed by atoms with Gasteiger partial charge in [0.1, 0.15) is 5.78 Å². The molecule has 2 bridgehead atoms. The van der Waals surface area contributed by atoms with Crippen LogP contribution in [0.25, 0.3) is 0 Å². The van der Waals surface area contributed by atoms with Gasteiger partial charge in [0, 0.05) is 17.9 Å². The summed E-state index contributed by atoms with van der Waals surface area (Å²) in [5, 5.41) is 4.60. The molecule has 2 aliphatic carbocycles. The number of rotatable bonds is 4. The minimum atomic E-state index is -0.663. The Bertz CT molecular complexity index is 487. The molecule has 2 unspecified atom stereocenters. The summed E-state index contributed by atoms with van der Waals surface area (Å²) in [5.41, 5.74) is 0. The van der Waals surface area contributed by atoms with Crippen molar-refractivity contribution in [3.05, 3.63) is 0 Å². The SMILES string of the molecule is CC(C)NC(=O)NC(=O)COC(=O)C1CC2CCCC(C1)C2=O. The molecule has 3 amide bonds. The van der Waals surface area contributed by atoms with Crippen molar-refractivity contribution in [1.29, 1.82) is 0 Å². The number of Topliss-reactive ketones (excluding diaryl/α,β-unsaturated/α-hetero) is 1. The van der Waals surface area contributed by atoms with Gasteiger partial charge in [-0.15, -0.1) is 0 Å². The zero-order valence-corrected chi connectivity index (χ0v) is 13.6. The van der Waals surface area contributed by atoms with Gasteiger partial charge in [-0.25, -0.2) is 4.79 Å². The van der Waals surface area contributed by atoms with Gasteiger partial charge in [0.05, 0.1) is 5.92 Å². The summed E-state index contributed by atoms with van der Waals surface area (Å²) in [4.78, 5) is 47.0. The number of hydrogen-bond donors (Lipinski definition) is 2. The Kier molecular flexibility index (Phi) is 5.74. The van der Waals surface area contributed by atoms with E-state index in [9.17, 15) is 19.2 Å². The van der Waals surface area contributed by atoms with Crippen molar-refractivity contribution in [2.45, 2.75) is 52.0 Å². The molecule has 2 N–H and O–H groups in total. The van der Waals surface area contributed by atoms with Gasteiger partial charge in [-0.05, 0) is 39.5 Å². The number of urea groups is 1. The first-order valence-electron chi connectivity index (χ1n) is 8.17. The summed E-state index contributed by atoms with van der Waals surface area (Å²) in [6.45, 7) is 3.06. The molecule has 0 heterocycles. The molecule has 7 heteroatoms. The number of carbonyl (C=O) groups is 4. The van der Waals surface area contributed by atoms with E-state index in [1.54, 1.807) is 13.8 Å². The first-order valence-corrected chi connectivity index (χ1v) is 8.17. The average molecular weight is 324 g/mol. The van der Waals surface area contributed by atoms with Crippen LogP contribution in [0.1, 0.15) is 46.0 Å². The van der Waals surface area contributed by atoms with E-state index in [0.717, 1.165) is 19.3 Å². The predicted molar refractivity (Wildman–Crippen MR) is 81.3 cm³/mol. The number of hydrogen-bond acceptors (Lipinski definition) is 5. The fourth-order valence-electron chi connectivity index (χ4n) is 3.39. The van der Waals surface area contributed by atoms with Gasteiger partial charge < -0.3 is 10.1 Å². The largest absolute Gasteiger partial charge is 0.455 e. The van der Waals surface area contributed by atoms with Crippen LogP contribution >= 0.6 is 0 Å². The van der Waals surface area contributed by atoms with Crippen LogP contribution in [0.5, 0.6) is 0 Å². The Morgan fingerprint density at radius 2 is 1.78 bits per heavy atom. The number of fused-ring (bicyclic) bond motifs is 2. The molecule has 2 rings (SSSR count). The Labute approximate surface area is 135 Å². The fourth-order valence-corrected chi connectivity index (χ4v) is 3.39. The molecule has 0 aromatic heterocycles. The van der Waals surface area contributed by atoms with E-state index in [0.29, 0.717) is 12.8 Å². The summed E-state index contributed by atoms with van der Waals surface area (Å²) in [7, 11) is 0. The molecule has 0 radical (unpaired) electrons. The van der Waals surface area contributed by atoms with Crippen LogP contribution in [-0.4, -0.2) is 36.3 Å². The second-order valence-corrected chi connectivity index (χ2v) is 6.68. The maximum Gasteiger partial charge on any atom is 0.321 e. The van der Waals surface area contributed by atoms with E-state index in [2.05, 4.69) is 10.6 Å². The maximum absolute atomic E-state index is 12.1. The van der Waals surface area contributed by atoms with E-state index in [4.69, 9.17) is 4.74 Å². The van der Waals surface area contributed by atoms with Crippen LogP contribution in [0.15, 0.2) is 0 Å². The van der Waals surface area contributed by atoms with E-state index in [1.165, 1.54) is 0 Å². The van der Waals surface area contributed by atoms with Crippen molar-refractivity contribution >= 4 is 23.7 Å². The molecule has 128 valence electrons. The van der Waals surface area contributed by atoms with Crippen LogP contribution in [0.4, 0.5) is 4.79 Å². The molecule has 0 saturated heterocycles. The standard InChI is InChI=1S/C16H24N2O5/c1-9(2)17-16(22)18-13(19)8-23-15(21)12-6-10-4-3-5-11(7-12)14(10)20/h9-12H,3-8H2,1-2H3,(H2,17,18,19,22). The van der Waals surface area contributed by atoms with Crippen molar-refractivity contribution in [3.8, 4) is 0 Å². The molecule has 2 saturated carbocycles. The highest BCUT2D eigenvalue weighted by Gasteiger charge is 2.41. The Hall–Kier alpha value is -1.92. The normalized spacial score (nSPS) is 26.6. The summed E-state index contributed by atoms with van der Waals surface area (Å²) >= 11 is 0. The third-order valence-corrected chi connectivity index (χ3v) is 4.40. The lowest BCUT2D eigenvalue weighted by molar-refractivity contribution is -0.156. The molecular weight excluding hydrogens is 300 g/mol. The number of nitrogens with one attached hydrogen (secondary N) is 2. The van der Waals surface area contributed by atoms with Crippen molar-refractivity contribution in [1.82, 2.24) is 10.6 Å². The highest BCUT2D eigenvalue weighted by molar-refractivity contribution is 5.95. The van der Waals surface area contributed by atoms with Gasteiger partial charge in [0.2, 0.25) is 0 Å². The highest BCUT2D eigenvalue weighted by Crippen LogP contribution is 2.40. The van der Waals surface area contributed by atoms with Crippen molar-refractivity contribution in [2.24, 2.45) is 17.8 Å². The number of ketones is 1. The lowest BCUT2D eigenvalue weighted by Crippen LogP contribution is -2.44. The van der Waals surface area contributed by atoms with Gasteiger partial charge in [0.15, 0.2) is 6.61 Å². The third kappa shape index (κ3) is 4.77. The van der Waals surface area contributed by atoms with Gasteiger partial charge in [-0.3, -0.25) is 19.7 Å². The van der Waals surface area contributed by atoms with Crippen molar-refractivity contribution < 1.29 is 23.9 Å². The quantitative estimate of drug-likeness (QED) is 0.756. The fraction of sp³-hybridized carbons (Fsp3) is 0.750. The first kappa shape index (κ1) is 17.4. The van der Waals surface area contributed by atoms with Crippen LogP contribution in [-0.2, 0) is 19.1 Å². The molecule has 2 atom stereocenters. The Morgan fingerprint density at radius 3 is 2.35 bits per heavy atom. The topological polar surface area (TPSA) is 102 Å². The van der Waals surface area contributed by atoms with E-state index in [1.807, 2.05) is 0 Å². The molecule has 0 aromatic carbocycles. The van der Waals surface area contributed by atoms with E-state index < -0.39 is 24.5 Å². The van der Waals surface area contributed by atoms with Crippen LogP contribution < -0.4 is 10.6 Å². The van der Waals surface area contributed by atoms with Crippen LogP contribution in [0, 0.1) is 17.8 Å². The zero-order chi connectivity index (χ0) is 17.0. The van der Waals surface area contributed by atoms with Gasteiger partial charge in [0.25, 0.3) is 5.91 Å². The summed E-state index contributed by atoms with van der Waals surface area (Å²) in [6.07, 6.45) is 3.76. The number of esters is 1. The molecule has 0 aromatic rings. The molecule has 0 aliphatic heterocycles. The highest BCUT2D eigenvalue weighted by atomic mass is 16.5. The van der Waals surface area contributed by atoms with Crippen molar-refractivity contribution in [2.75, 3.05) is 6.61 Å². The minimum absolute atomic E-state index is 0.0364. The molecule has 7 nitrogen and oxygen atoms in total. The van der Waals surface area contributed by atoms with Gasteiger partial charge >= 0.3 is 12.0 Å². The first-order chi connectivity index (χ1) is 10.9. The maximum atomic E-state index is 12.1. The Morgan fingerprint density at radius 1 is 1.17 bits per heavy atom. The number of carbonyl (C=O) groups excluding carboxylic acids is 4. The van der Waals surface area contributed by atoms with Crippen LogP contribution in [0.3, 0.4) is 0 Å². The molecular formula is C16H24N2O5. The molecule has 23 heavy (non-hydrogen) atoms. The lowest BCUT2D eigenvalue weighted by Gasteiger charge is -2.36. The average Bonchev–Trinajstić information content (AvgIpc) is 2.43. The second kappa shape index (κ2) is 7.57. The lowest BCUT2D eigenvalue weighted by atomic mass is 9.67. The third-order valence-electron chi connectivity index (χ3n) is 4.40. The monoisotopic (exact) mass is 324 g/mol. The van der Waals surface area contributed by atoms with Crippen LogP contribution in [0.2, 0.25) is 0 Å². The summed E-state index contributed by atoms with van der Waals surface area (Å²) < 4.78 is 5.01. The van der Waals surface area contributed by atoms with Crippen molar-refractivity contribution in [3.63, 3.8) is 0 Å². The van der Waals surface area contributed by atoms with E-state index in [-0.39, 0.29) is 29.6 Å². The molecule has 2 fully saturated rings. The Balaban J connectivity index is 1.76.